The Morgan fingerprint density at radius 3 is 0.455 bits per heavy atom. The summed E-state index contributed by atoms with van der Waals surface area (Å²) in [5.74, 6) is 0. The molecule has 0 rings (SSSR count). The average molecular weight is 1400 g/mol. The molecule has 0 atom stereocenters. The molecule has 0 amide bonds. The van der Waals surface area contributed by atoms with Crippen LogP contribution in [0, 0.1) is 0 Å². The highest BCUT2D eigenvalue weighted by molar-refractivity contribution is 9.77. The molecule has 0 bridgehead atoms. The standard InChI is InChI=1S/FHS43/c1-31(2,3)33(7,8)35(11,12)37(15,16)39(19,20)41(23,24)43(27,28)44(29,30)42(25,26)40(21,22)38(17,18)36(13,14)34(9,10)32(4,5)6/h(H,4,5,6). The van der Waals surface area contributed by atoms with Crippen molar-refractivity contribution in [2.45, 2.75) is 0 Å². The van der Waals surface area contributed by atoms with Crippen molar-refractivity contribution in [2.75, 3.05) is 0 Å². The highest BCUT2D eigenvalue weighted by Gasteiger charge is 2.44. The zero-order chi connectivity index (χ0) is 37.0. The molecule has 44 heteroatoms. The first-order chi connectivity index (χ1) is 18.2. The summed E-state index contributed by atoms with van der Waals surface area (Å²) >= 11 is 162. The van der Waals surface area contributed by atoms with Crippen molar-refractivity contribution in [3.8, 4) is 0 Å². The number of halogens is 1. The third-order valence-corrected chi connectivity index (χ3v) is 259. The van der Waals surface area contributed by atoms with E-state index < -0.39 is 74.3 Å². The maximum atomic E-state index is 15.0. The van der Waals surface area contributed by atoms with Crippen molar-refractivity contribution in [1.29, 1.82) is 0 Å². The van der Waals surface area contributed by atoms with E-state index in [1.807, 2.05) is 0 Å². The Morgan fingerprint density at radius 1 is 0.227 bits per heavy atom. The van der Waals surface area contributed by atoms with E-state index in [4.69, 9.17) is 313 Å². The van der Waals surface area contributed by atoms with Gasteiger partial charge in [-0.1, -0.05) is 11.7 Å². The Bertz CT molecular complexity index is 2670. The van der Waals surface area contributed by atoms with Crippen molar-refractivity contribution in [1.82, 2.24) is 0 Å². The van der Waals surface area contributed by atoms with Gasteiger partial charge in [-0.3, -0.25) is 0 Å². The molecule has 0 aliphatic carbocycles. The minimum absolute atomic E-state index is 2.88. The van der Waals surface area contributed by atoms with Gasteiger partial charge in [0.15, 0.2) is 0 Å². The Balaban J connectivity index is 8.21. The Morgan fingerprint density at radius 2 is 0.341 bits per heavy atom. The fourth-order valence-corrected chi connectivity index (χ4v) is 293. The molecule has 44 heavy (non-hydrogen) atoms. The highest BCUT2D eigenvalue weighted by atomic mass is 34.5. The van der Waals surface area contributed by atoms with Crippen LogP contribution in [0.3, 0.4) is 0 Å². The van der Waals surface area contributed by atoms with E-state index in [0.29, 0.717) is 0 Å². The van der Waals surface area contributed by atoms with Crippen molar-refractivity contribution in [3.63, 3.8) is 0 Å². The highest BCUT2D eigenvalue weighted by Crippen LogP contribution is 2.41. The van der Waals surface area contributed by atoms with E-state index in [0.717, 1.165) is 0 Å². The molecule has 0 heterocycles. The summed E-state index contributed by atoms with van der Waals surface area (Å²) in [4.78, 5) is 0. The predicted octanol–water partition coefficient (Wildman–Crippen LogP) is 0.700. The van der Waals surface area contributed by atoms with Crippen LogP contribution >= 0.6 is 11.7 Å². The van der Waals surface area contributed by atoms with Crippen LogP contribution in [-0.2, 0) is 388 Å². The normalized spacial score (nSPS) is 16.7. The first-order valence-corrected chi connectivity index (χ1v) is 63.6. The van der Waals surface area contributed by atoms with E-state index in [-0.39, 0.29) is 0 Å². The van der Waals surface area contributed by atoms with Gasteiger partial charge in [0.1, 0.15) is 6.56 Å². The Hall–Kier alpha value is 11.3. The third-order valence-electron chi connectivity index (χ3n) is 3.25. The molecule has 0 unspecified atom stereocenters. The summed E-state index contributed by atoms with van der Waals surface area (Å²) in [6.45, 7) is -4.06. The van der Waals surface area contributed by atoms with Gasteiger partial charge in [-0.2, -0.15) is 0 Å². The lowest BCUT2D eigenvalue weighted by Crippen LogP contribution is -2.38. The second kappa shape index (κ2) is 17.0. The number of hydrogen-bond donors (Lipinski definition) is 1. The molecule has 0 N–H and O–H groups in total. The van der Waals surface area contributed by atoms with Crippen molar-refractivity contribution >= 4 is 399 Å². The summed E-state index contributed by atoms with van der Waals surface area (Å²) in [6.07, 6.45) is 0. The maximum absolute atomic E-state index is 15.0. The van der Waals surface area contributed by atoms with E-state index >= 15 is 3.89 Å². The van der Waals surface area contributed by atoms with E-state index in [1.165, 1.54) is 0 Å². The second-order valence-corrected chi connectivity index (χ2v) is 151. The zero-order valence-corrected chi connectivity index (χ0v) is 53.2. The van der Waals surface area contributed by atoms with Crippen LogP contribution in [0.25, 0.3) is 0 Å². The van der Waals surface area contributed by atoms with Crippen LogP contribution in [0.4, 0.5) is 3.89 Å². The molecule has 0 aromatic rings. The van der Waals surface area contributed by atoms with Crippen LogP contribution in [0.5, 0.6) is 0 Å². The molecule has 0 radical (unpaired) electrons. The minimum atomic E-state index is -4.06. The minimum Gasteiger partial charge on any atom is -0.147 e. The van der Waals surface area contributed by atoms with Crippen LogP contribution in [-0.4, -0.2) is 0 Å². The van der Waals surface area contributed by atoms with Gasteiger partial charge in [-0.15, -0.1) is 3.89 Å². The Kier molecular flexibility index (Phi) is 21.4. The zero-order valence-electron chi connectivity index (χ0n) is 18.0. The molecule has 0 spiro atoms. The molecular formula is HFS43. The van der Waals surface area contributed by atoms with Gasteiger partial charge in [0.25, 0.3) is 0 Å². The van der Waals surface area contributed by atoms with Crippen LogP contribution in [0.2, 0.25) is 0 Å². The third kappa shape index (κ3) is 8.87. The molecule has 0 aliphatic rings. The summed E-state index contributed by atoms with van der Waals surface area (Å²) < 4.78 is 15.0. The molecule has 0 aromatic heterocycles. The molecule has 266 valence electrons. The fraction of sp³-hybridized carbons (Fsp3) is 0. The van der Waals surface area contributed by atoms with Crippen molar-refractivity contribution < 1.29 is 3.89 Å². The second-order valence-electron chi connectivity index (χ2n) is 5.72. The summed E-state index contributed by atoms with van der Waals surface area (Å²) in [7, 11) is 0. The SMILES string of the molecule is FS(=S)(=S)S(=S)(=S)S(=S)(=S)S(=S)(=S)S(=S)(=S)S(=S)(=S)S(=S)(=S)S(=S)(=S)S(=S)(=S)S(=S)(=S)S(=S)(=S)S(=S)(=S)S(=S)(=S)S(=S)(=S)S. The van der Waals surface area contributed by atoms with Gasteiger partial charge in [-0.25, -0.2) is 0 Å². The van der Waals surface area contributed by atoms with E-state index in [2.05, 4.69) is 11.7 Å². The molecule has 0 aromatic carbocycles. The average Bonchev–Trinajstić information content (AvgIpc) is 2.75. The summed E-state index contributed by atoms with van der Waals surface area (Å²) in [5, 5.41) is -46.0. The topological polar surface area (TPSA) is 0 Å². The molecule has 0 aliphatic heterocycles. The van der Waals surface area contributed by atoms with Gasteiger partial charge in [0.05, 0.1) is 5.21 Å². The van der Waals surface area contributed by atoms with Crippen LogP contribution in [0.15, 0.2) is 0 Å². The first-order valence-electron chi connectivity index (χ1n) is 7.17. The largest absolute Gasteiger partial charge is 0.147 e. The van der Waals surface area contributed by atoms with Crippen LogP contribution < -0.4 is 0 Å². The summed E-state index contributed by atoms with van der Waals surface area (Å²) in [5.41, 5.74) is 0. The maximum Gasteiger partial charge on any atom is 0.131 e. The van der Waals surface area contributed by atoms with Gasteiger partial charge < -0.3 is 0 Å². The summed E-state index contributed by atoms with van der Waals surface area (Å²) in [6, 6.07) is 0. The fourth-order valence-electron chi connectivity index (χ4n) is 1.23. The van der Waals surface area contributed by atoms with E-state index in [9.17, 15) is 0 Å². The number of thiol groups is 1. The lowest BCUT2D eigenvalue weighted by Gasteiger charge is -2.35. The van der Waals surface area contributed by atoms with E-state index in [1.54, 1.807) is 0 Å². The molecule has 0 fully saturated rings. The lowest BCUT2D eigenvalue weighted by molar-refractivity contribution is 0.944. The van der Waals surface area contributed by atoms with Gasteiger partial charge in [-0.05, 0) is 313 Å². The molecule has 0 saturated carbocycles. The van der Waals surface area contributed by atoms with Crippen molar-refractivity contribution in [3.05, 3.63) is 0 Å². The van der Waals surface area contributed by atoms with Crippen LogP contribution in [0.1, 0.15) is 0 Å². The number of hydrogen-bond acceptors (Lipinski definition) is 28. The Labute approximate surface area is 391 Å². The molecule has 0 nitrogen and oxygen atoms in total. The smallest absolute Gasteiger partial charge is 0.131 e. The molecular weight excluding hydrogens is 1400 g/mol. The monoisotopic (exact) mass is 1390 g/mol. The molecule has 0 saturated heterocycles. The van der Waals surface area contributed by atoms with Gasteiger partial charge in [0, 0.05) is 62.5 Å². The van der Waals surface area contributed by atoms with Gasteiger partial charge >= 0.3 is 0 Å². The van der Waals surface area contributed by atoms with Crippen molar-refractivity contribution in [2.24, 2.45) is 0 Å². The lowest BCUT2D eigenvalue weighted by atomic mass is 18.9. The predicted molar refractivity (Wildman–Crippen MR) is 319 cm³/mol. The quantitative estimate of drug-likeness (QED) is 0.156. The van der Waals surface area contributed by atoms with Gasteiger partial charge in [0.2, 0.25) is 0 Å². The first kappa shape index (κ1) is 55.3. The number of rotatable bonds is 13.